The molecule has 2 aromatic heterocycles. The van der Waals surface area contributed by atoms with Crippen molar-refractivity contribution in [3.63, 3.8) is 0 Å². The number of methoxy groups -OCH3 is 1. The maximum absolute atomic E-state index is 13.6. The van der Waals surface area contributed by atoms with Gasteiger partial charge in [-0.05, 0) is 36.1 Å². The van der Waals surface area contributed by atoms with E-state index in [-0.39, 0.29) is 12.2 Å². The summed E-state index contributed by atoms with van der Waals surface area (Å²) in [6.45, 7) is 1.93. The molecule has 0 bridgehead atoms. The van der Waals surface area contributed by atoms with Crippen LogP contribution < -0.4 is 19.6 Å². The molecule has 0 unspecified atom stereocenters. The highest BCUT2D eigenvalue weighted by Crippen LogP contribution is 2.33. The van der Waals surface area contributed by atoms with Gasteiger partial charge in [-0.15, -0.1) is 11.3 Å². The number of hydrogen-bond donors (Lipinski definition) is 0. The Balaban J connectivity index is 1.52. The third-order valence-corrected chi connectivity index (χ3v) is 7.86. The average molecular weight is 529 g/mol. The van der Waals surface area contributed by atoms with Crippen LogP contribution in [0.3, 0.4) is 0 Å². The molecule has 8 heteroatoms. The zero-order valence-electron chi connectivity index (χ0n) is 20.3. The molecule has 0 fully saturated rings. The molecule has 0 radical (unpaired) electrons. The molecular weight excluding hydrogens is 504 g/mol. The van der Waals surface area contributed by atoms with Crippen LogP contribution in [0.15, 0.2) is 99.2 Å². The SMILES string of the molecule is COc1ccccc1/C=C\C=c1/sc2n(c1=O)[C@H](c1cccs1)C(C(=O)OCc1ccccc1)=C(C)N=2. The Morgan fingerprint density at radius 3 is 2.62 bits per heavy atom. The van der Waals surface area contributed by atoms with Crippen molar-refractivity contribution in [1.82, 2.24) is 4.57 Å². The Bertz CT molecular complexity index is 1660. The van der Waals surface area contributed by atoms with Crippen molar-refractivity contribution in [3.8, 4) is 5.75 Å². The van der Waals surface area contributed by atoms with Crippen LogP contribution >= 0.6 is 22.7 Å². The lowest BCUT2D eigenvalue weighted by molar-refractivity contribution is -0.140. The monoisotopic (exact) mass is 528 g/mol. The predicted molar refractivity (Wildman–Crippen MR) is 147 cm³/mol. The van der Waals surface area contributed by atoms with Gasteiger partial charge in [-0.3, -0.25) is 9.36 Å². The van der Waals surface area contributed by atoms with Gasteiger partial charge in [0.15, 0.2) is 4.80 Å². The van der Waals surface area contributed by atoms with Crippen LogP contribution in [0, 0.1) is 0 Å². The fraction of sp³-hybridized carbons (Fsp3) is 0.138. The maximum atomic E-state index is 13.6. The summed E-state index contributed by atoms with van der Waals surface area (Å²) in [4.78, 5) is 33.0. The van der Waals surface area contributed by atoms with Gasteiger partial charge >= 0.3 is 5.97 Å². The number of para-hydroxylation sites is 1. The standard InChI is InChI=1S/C29H24N2O4S2/c1-19-25(28(33)35-18-20-10-4-3-5-11-20)26(23-16-9-17-36-23)31-27(32)24(37-29(31)30-19)15-8-13-21-12-6-7-14-22(21)34-2/h3-17,26H,18H2,1-2H3/b13-8-,24-15-/t26-/m1/s1. The van der Waals surface area contributed by atoms with E-state index >= 15 is 0 Å². The maximum Gasteiger partial charge on any atom is 0.338 e. The summed E-state index contributed by atoms with van der Waals surface area (Å²) in [5, 5.41) is 1.93. The normalized spacial score (nSPS) is 15.5. The number of carbonyl (C=O) groups is 1. The zero-order chi connectivity index (χ0) is 25.8. The molecule has 4 aromatic rings. The van der Waals surface area contributed by atoms with Crippen molar-refractivity contribution in [2.75, 3.05) is 7.11 Å². The molecule has 0 saturated carbocycles. The van der Waals surface area contributed by atoms with E-state index in [4.69, 9.17) is 9.47 Å². The molecular formula is C29H24N2O4S2. The van der Waals surface area contributed by atoms with Crippen molar-refractivity contribution in [3.05, 3.63) is 125 Å². The Hall–Kier alpha value is -4.01. The molecule has 6 nitrogen and oxygen atoms in total. The smallest absolute Gasteiger partial charge is 0.338 e. The first-order chi connectivity index (χ1) is 18.1. The molecule has 0 aliphatic carbocycles. The number of nitrogens with zero attached hydrogens (tertiary/aromatic N) is 2. The zero-order valence-corrected chi connectivity index (χ0v) is 21.9. The van der Waals surface area contributed by atoms with E-state index in [9.17, 15) is 9.59 Å². The van der Waals surface area contributed by atoms with Crippen LogP contribution in [-0.2, 0) is 16.1 Å². The van der Waals surface area contributed by atoms with Gasteiger partial charge < -0.3 is 9.47 Å². The third-order valence-electron chi connectivity index (χ3n) is 5.93. The van der Waals surface area contributed by atoms with E-state index < -0.39 is 12.0 Å². The number of rotatable bonds is 7. The molecule has 1 atom stereocenters. The van der Waals surface area contributed by atoms with Crippen molar-refractivity contribution < 1.29 is 14.3 Å². The van der Waals surface area contributed by atoms with Gasteiger partial charge in [-0.2, -0.15) is 0 Å². The molecule has 0 saturated heterocycles. The fourth-order valence-electron chi connectivity index (χ4n) is 4.16. The first-order valence-electron chi connectivity index (χ1n) is 11.6. The van der Waals surface area contributed by atoms with Gasteiger partial charge in [0, 0.05) is 10.4 Å². The summed E-state index contributed by atoms with van der Waals surface area (Å²) in [6.07, 6.45) is 5.49. The van der Waals surface area contributed by atoms with Crippen molar-refractivity contribution >= 4 is 40.8 Å². The Labute approximate surface area is 221 Å². The van der Waals surface area contributed by atoms with Gasteiger partial charge in [-0.1, -0.05) is 78.1 Å². The Morgan fingerprint density at radius 1 is 1.08 bits per heavy atom. The Kier molecular flexibility index (Phi) is 7.30. The lowest BCUT2D eigenvalue weighted by Gasteiger charge is -2.23. The summed E-state index contributed by atoms with van der Waals surface area (Å²) < 4.78 is 13.2. The van der Waals surface area contributed by atoms with Gasteiger partial charge in [0.25, 0.3) is 5.56 Å². The number of ether oxygens (including phenoxy) is 2. The minimum Gasteiger partial charge on any atom is -0.496 e. The molecule has 0 spiro atoms. The molecule has 186 valence electrons. The summed E-state index contributed by atoms with van der Waals surface area (Å²) >= 11 is 2.79. The highest BCUT2D eigenvalue weighted by molar-refractivity contribution is 7.10. The number of fused-ring (bicyclic) bond motifs is 1. The van der Waals surface area contributed by atoms with E-state index in [1.807, 2.05) is 84.3 Å². The summed E-state index contributed by atoms with van der Waals surface area (Å²) in [5.41, 5.74) is 2.52. The van der Waals surface area contributed by atoms with Crippen LogP contribution in [-0.4, -0.2) is 17.6 Å². The number of aromatic nitrogens is 1. The minimum atomic E-state index is -0.597. The second kappa shape index (κ2) is 10.9. The molecule has 1 aliphatic heterocycles. The van der Waals surface area contributed by atoms with Crippen molar-refractivity contribution in [1.29, 1.82) is 0 Å². The summed E-state index contributed by atoms with van der Waals surface area (Å²) in [7, 11) is 1.63. The first kappa shape index (κ1) is 24.7. The topological polar surface area (TPSA) is 69.9 Å². The average Bonchev–Trinajstić information content (AvgIpc) is 3.56. The molecule has 3 heterocycles. The molecule has 0 N–H and O–H groups in total. The highest BCUT2D eigenvalue weighted by Gasteiger charge is 2.34. The second-order valence-corrected chi connectivity index (χ2v) is 10.3. The number of hydrogen-bond acceptors (Lipinski definition) is 7. The predicted octanol–water partition coefficient (Wildman–Crippen LogP) is 4.71. The van der Waals surface area contributed by atoms with Crippen molar-refractivity contribution in [2.45, 2.75) is 19.6 Å². The van der Waals surface area contributed by atoms with Gasteiger partial charge in [0.05, 0.1) is 22.9 Å². The van der Waals surface area contributed by atoms with E-state index in [2.05, 4.69) is 4.99 Å². The number of esters is 1. The van der Waals surface area contributed by atoms with Gasteiger partial charge in [0.1, 0.15) is 18.4 Å². The fourth-order valence-corrected chi connectivity index (χ4v) is 5.98. The largest absolute Gasteiger partial charge is 0.496 e. The number of allylic oxidation sites excluding steroid dienone is 2. The number of benzene rings is 2. The van der Waals surface area contributed by atoms with Crippen LogP contribution in [0.2, 0.25) is 0 Å². The lowest BCUT2D eigenvalue weighted by Crippen LogP contribution is -2.39. The van der Waals surface area contributed by atoms with Crippen LogP contribution in [0.1, 0.15) is 29.0 Å². The molecule has 2 aromatic carbocycles. The van der Waals surface area contributed by atoms with E-state index in [1.165, 1.54) is 22.7 Å². The number of thiophene rings is 1. The minimum absolute atomic E-state index is 0.145. The van der Waals surface area contributed by atoms with Crippen LogP contribution in [0.4, 0.5) is 0 Å². The summed E-state index contributed by atoms with van der Waals surface area (Å²) in [6, 6.07) is 20.4. The Morgan fingerprint density at radius 2 is 1.86 bits per heavy atom. The van der Waals surface area contributed by atoms with Crippen LogP contribution in [0.25, 0.3) is 12.2 Å². The third kappa shape index (κ3) is 5.12. The number of thiazole rings is 1. The molecule has 1 aliphatic rings. The quantitative estimate of drug-likeness (QED) is 0.326. The second-order valence-electron chi connectivity index (χ2n) is 8.28. The summed E-state index contributed by atoms with van der Waals surface area (Å²) in [5.74, 6) is 0.273. The first-order valence-corrected chi connectivity index (χ1v) is 13.3. The van der Waals surface area contributed by atoms with E-state index in [0.717, 1.165) is 21.8 Å². The van der Waals surface area contributed by atoms with E-state index in [0.29, 0.717) is 20.6 Å². The molecule has 0 amide bonds. The van der Waals surface area contributed by atoms with Crippen LogP contribution in [0.5, 0.6) is 5.75 Å². The van der Waals surface area contributed by atoms with Gasteiger partial charge in [0.2, 0.25) is 0 Å². The molecule has 37 heavy (non-hydrogen) atoms. The molecule has 5 rings (SSSR count). The number of carbonyl (C=O) groups excluding carboxylic acids is 1. The lowest BCUT2D eigenvalue weighted by atomic mass is 10.0. The van der Waals surface area contributed by atoms with Crippen molar-refractivity contribution in [2.24, 2.45) is 4.99 Å². The van der Waals surface area contributed by atoms with Gasteiger partial charge in [-0.25, -0.2) is 9.79 Å². The van der Waals surface area contributed by atoms with E-state index in [1.54, 1.807) is 24.7 Å². The highest BCUT2D eigenvalue weighted by atomic mass is 32.1.